The summed E-state index contributed by atoms with van der Waals surface area (Å²) in [5, 5.41) is 7.71. The Kier molecular flexibility index (Phi) is 6.13. The first-order chi connectivity index (χ1) is 18.9. The van der Waals surface area contributed by atoms with E-state index in [2.05, 4.69) is 20.1 Å². The number of nitrogens with zero attached hydrogens (tertiary/aromatic N) is 4. The van der Waals surface area contributed by atoms with Crippen LogP contribution in [0, 0.1) is 17.5 Å². The zero-order chi connectivity index (χ0) is 28.5. The standard InChI is InChI=1S/C26H20ClF3N6O3S/c1-35-23-20(24(33-35)34-40(2,38)39)16(27)9-13-11-31-19(8-12-6-14(28)10-15(29)7-12)25-32-18-5-3-4-17(30)21(18)26(37)36(25)22(13)23/h3-7,9-10,19,31H,8,11H2,1-2H3,(H,33,34). The van der Waals surface area contributed by atoms with Crippen molar-refractivity contribution in [1.29, 1.82) is 0 Å². The van der Waals surface area contributed by atoms with Crippen LogP contribution in [-0.4, -0.2) is 34.0 Å². The van der Waals surface area contributed by atoms with Crippen molar-refractivity contribution in [2.24, 2.45) is 7.05 Å². The summed E-state index contributed by atoms with van der Waals surface area (Å²) in [5.74, 6) is -2.18. The van der Waals surface area contributed by atoms with Gasteiger partial charge in [-0.2, -0.15) is 5.10 Å². The highest BCUT2D eigenvalue weighted by molar-refractivity contribution is 7.92. The lowest BCUT2D eigenvalue weighted by Gasteiger charge is -2.20. The number of nitrogens with one attached hydrogen (secondary N) is 2. The highest BCUT2D eigenvalue weighted by atomic mass is 35.5. The van der Waals surface area contributed by atoms with Crippen molar-refractivity contribution in [3.8, 4) is 5.69 Å². The molecule has 6 rings (SSSR count). The van der Waals surface area contributed by atoms with Crippen LogP contribution in [0.25, 0.3) is 27.5 Å². The molecule has 3 aromatic carbocycles. The van der Waals surface area contributed by atoms with Gasteiger partial charge in [-0.25, -0.2) is 26.6 Å². The molecule has 0 spiro atoms. The van der Waals surface area contributed by atoms with Gasteiger partial charge >= 0.3 is 0 Å². The van der Waals surface area contributed by atoms with Crippen LogP contribution >= 0.6 is 11.6 Å². The van der Waals surface area contributed by atoms with Gasteiger partial charge in [-0.1, -0.05) is 17.7 Å². The molecule has 9 nitrogen and oxygen atoms in total. The lowest BCUT2D eigenvalue weighted by molar-refractivity contribution is 0.502. The number of hydrogen-bond acceptors (Lipinski definition) is 6. The van der Waals surface area contributed by atoms with Gasteiger partial charge in [0.2, 0.25) is 10.0 Å². The average molecular weight is 589 g/mol. The number of aryl methyl sites for hydroxylation is 1. The van der Waals surface area contributed by atoms with Crippen LogP contribution in [0.1, 0.15) is 23.0 Å². The van der Waals surface area contributed by atoms with Crippen LogP contribution in [0.4, 0.5) is 19.0 Å². The van der Waals surface area contributed by atoms with Gasteiger partial charge in [0.15, 0.2) is 5.82 Å². The van der Waals surface area contributed by atoms with Crippen molar-refractivity contribution in [2.45, 2.75) is 19.0 Å². The molecular weight excluding hydrogens is 569 g/mol. The number of benzene rings is 3. The smallest absolute Gasteiger partial charge is 0.269 e. The zero-order valence-corrected chi connectivity index (χ0v) is 22.5. The zero-order valence-electron chi connectivity index (χ0n) is 21.0. The molecule has 1 aliphatic rings. The second-order valence-corrected chi connectivity index (χ2v) is 11.8. The van der Waals surface area contributed by atoms with Crippen LogP contribution in [0.3, 0.4) is 0 Å². The Hall–Kier alpha value is -3.94. The normalized spacial score (nSPS) is 15.2. The topological polar surface area (TPSA) is 111 Å². The van der Waals surface area contributed by atoms with E-state index in [4.69, 9.17) is 11.6 Å². The summed E-state index contributed by atoms with van der Waals surface area (Å²) in [5.41, 5.74) is 0.778. The molecule has 2 aromatic heterocycles. The van der Waals surface area contributed by atoms with E-state index in [0.29, 0.717) is 16.6 Å². The Morgan fingerprint density at radius 2 is 1.85 bits per heavy atom. The third-order valence-corrected chi connectivity index (χ3v) is 7.57. The Bertz CT molecular complexity index is 2020. The maximum absolute atomic E-state index is 15.0. The molecule has 0 aliphatic carbocycles. The first-order valence-electron chi connectivity index (χ1n) is 12.0. The minimum atomic E-state index is -3.74. The van der Waals surface area contributed by atoms with E-state index in [0.717, 1.165) is 18.4 Å². The van der Waals surface area contributed by atoms with Gasteiger partial charge in [0, 0.05) is 19.7 Å². The molecular formula is C26H20ClF3N6O3S. The number of sulfonamides is 1. The number of halogens is 4. The van der Waals surface area contributed by atoms with Gasteiger partial charge in [-0.15, -0.1) is 0 Å². The molecule has 0 amide bonds. The predicted molar refractivity (Wildman–Crippen MR) is 145 cm³/mol. The van der Waals surface area contributed by atoms with Gasteiger partial charge in [-0.05, 0) is 47.9 Å². The molecule has 3 heterocycles. The molecule has 0 radical (unpaired) electrons. The van der Waals surface area contributed by atoms with Crippen LogP contribution in [0.15, 0.2) is 47.3 Å². The van der Waals surface area contributed by atoms with E-state index in [1.165, 1.54) is 33.5 Å². The van der Waals surface area contributed by atoms with E-state index < -0.39 is 39.1 Å². The first-order valence-corrected chi connectivity index (χ1v) is 14.2. The van der Waals surface area contributed by atoms with E-state index >= 15 is 4.39 Å². The fourth-order valence-corrected chi connectivity index (χ4v) is 6.01. The fraction of sp³-hybridized carbons (Fsp3) is 0.192. The monoisotopic (exact) mass is 588 g/mol. The maximum Gasteiger partial charge on any atom is 0.269 e. The maximum atomic E-state index is 15.0. The molecule has 14 heteroatoms. The Labute approximate surface area is 230 Å². The lowest BCUT2D eigenvalue weighted by Crippen LogP contribution is -2.30. The summed E-state index contributed by atoms with van der Waals surface area (Å²) in [7, 11) is -2.19. The molecule has 0 fully saturated rings. The van der Waals surface area contributed by atoms with Crippen LogP contribution in [0.2, 0.25) is 5.02 Å². The third-order valence-electron chi connectivity index (χ3n) is 6.71. The number of hydrogen-bond donors (Lipinski definition) is 2. The fourth-order valence-electron chi connectivity index (χ4n) is 5.21. The second-order valence-electron chi connectivity index (χ2n) is 9.60. The molecule has 1 unspecified atom stereocenters. The van der Waals surface area contributed by atoms with Gasteiger partial charge in [0.1, 0.15) is 28.7 Å². The van der Waals surface area contributed by atoms with E-state index in [1.807, 2.05) is 0 Å². The molecule has 0 saturated heterocycles. The summed E-state index contributed by atoms with van der Waals surface area (Å²) in [4.78, 5) is 18.7. The second kappa shape index (κ2) is 9.32. The van der Waals surface area contributed by atoms with Crippen molar-refractivity contribution >= 4 is 49.2 Å². The molecule has 2 N–H and O–H groups in total. The summed E-state index contributed by atoms with van der Waals surface area (Å²) in [6.07, 6.45) is 1.01. The molecule has 1 atom stereocenters. The minimum Gasteiger partial charge on any atom is -0.303 e. The van der Waals surface area contributed by atoms with Crippen molar-refractivity contribution in [1.82, 2.24) is 24.6 Å². The van der Waals surface area contributed by atoms with Gasteiger partial charge in [0.25, 0.3) is 5.56 Å². The van der Waals surface area contributed by atoms with Crippen molar-refractivity contribution < 1.29 is 21.6 Å². The van der Waals surface area contributed by atoms with Gasteiger partial charge in [0.05, 0.1) is 39.4 Å². The molecule has 206 valence electrons. The van der Waals surface area contributed by atoms with E-state index in [-0.39, 0.29) is 51.6 Å². The van der Waals surface area contributed by atoms with Gasteiger partial charge < -0.3 is 5.32 Å². The Morgan fingerprint density at radius 3 is 2.55 bits per heavy atom. The molecule has 40 heavy (non-hydrogen) atoms. The average Bonchev–Trinajstić information content (AvgIpc) is 3.07. The summed E-state index contributed by atoms with van der Waals surface area (Å²) in [6, 6.07) is 8.03. The summed E-state index contributed by atoms with van der Waals surface area (Å²) >= 11 is 6.62. The largest absolute Gasteiger partial charge is 0.303 e. The number of anilines is 1. The van der Waals surface area contributed by atoms with E-state index in [1.54, 1.807) is 13.1 Å². The first kappa shape index (κ1) is 26.3. The molecule has 5 aromatic rings. The summed E-state index contributed by atoms with van der Waals surface area (Å²) < 4.78 is 72.1. The molecule has 1 aliphatic heterocycles. The Balaban J connectivity index is 1.70. The highest BCUT2D eigenvalue weighted by Crippen LogP contribution is 2.39. The quantitative estimate of drug-likeness (QED) is 0.327. The lowest BCUT2D eigenvalue weighted by atomic mass is 10.0. The third kappa shape index (κ3) is 4.39. The SMILES string of the molecule is Cn1nc(NS(C)(=O)=O)c2c(Cl)cc3c(c21)-n1c(nc2cccc(F)c2c1=O)C(Cc1cc(F)cc(F)c1)NC3. The van der Waals surface area contributed by atoms with Gasteiger partial charge in [-0.3, -0.25) is 18.8 Å². The van der Waals surface area contributed by atoms with E-state index in [9.17, 15) is 22.0 Å². The highest BCUT2D eigenvalue weighted by Gasteiger charge is 2.31. The number of fused-ring (bicyclic) bond motifs is 6. The van der Waals surface area contributed by atoms with Crippen LogP contribution < -0.4 is 15.6 Å². The Morgan fingerprint density at radius 1 is 1.12 bits per heavy atom. The minimum absolute atomic E-state index is 0.0408. The van der Waals surface area contributed by atoms with Crippen LogP contribution in [-0.2, 0) is 30.0 Å². The predicted octanol–water partition coefficient (Wildman–Crippen LogP) is 4.10. The van der Waals surface area contributed by atoms with Crippen molar-refractivity contribution in [3.05, 3.63) is 92.2 Å². The van der Waals surface area contributed by atoms with Crippen LogP contribution in [0.5, 0.6) is 0 Å². The number of rotatable bonds is 4. The molecule has 0 bridgehead atoms. The molecule has 0 saturated carbocycles. The number of aromatic nitrogens is 4. The van der Waals surface area contributed by atoms with Crippen molar-refractivity contribution in [3.63, 3.8) is 0 Å². The summed E-state index contributed by atoms with van der Waals surface area (Å²) in [6.45, 7) is 0.134. The van der Waals surface area contributed by atoms with Crippen molar-refractivity contribution in [2.75, 3.05) is 11.0 Å².